The smallest absolute Gasteiger partial charge is 0.233 e. The summed E-state index contributed by atoms with van der Waals surface area (Å²) in [7, 11) is 0. The zero-order valence-corrected chi connectivity index (χ0v) is 12.6. The van der Waals surface area contributed by atoms with Gasteiger partial charge in [0.05, 0.1) is 16.9 Å². The third-order valence-corrected chi connectivity index (χ3v) is 4.45. The van der Waals surface area contributed by atoms with Crippen LogP contribution in [-0.2, 0) is 17.9 Å². The minimum atomic E-state index is -0.676. The lowest BCUT2D eigenvalue weighted by atomic mass is 9.73. The molecule has 1 aromatic heterocycles. The van der Waals surface area contributed by atoms with Crippen molar-refractivity contribution in [2.24, 2.45) is 11.1 Å². The second-order valence-corrected chi connectivity index (χ2v) is 5.66. The number of nitrogens with zero attached hydrogens (tertiary/aromatic N) is 3. The van der Waals surface area contributed by atoms with Gasteiger partial charge < -0.3 is 15.6 Å². The molecule has 0 atom stereocenters. The van der Waals surface area contributed by atoms with E-state index >= 15 is 0 Å². The second-order valence-electron chi connectivity index (χ2n) is 5.22. The Kier molecular flexibility index (Phi) is 4.69. The van der Waals surface area contributed by atoms with Gasteiger partial charge in [0, 0.05) is 6.54 Å². The zero-order valence-electron chi connectivity index (χ0n) is 11.8. The van der Waals surface area contributed by atoms with Crippen molar-refractivity contribution in [3.63, 3.8) is 0 Å². The first kappa shape index (κ1) is 14.9. The average Bonchev–Trinajstić information content (AvgIpc) is 2.92. The van der Waals surface area contributed by atoms with Crippen molar-refractivity contribution in [2.45, 2.75) is 52.1 Å². The van der Waals surface area contributed by atoms with Crippen LogP contribution in [0.1, 0.15) is 44.9 Å². The van der Waals surface area contributed by atoms with E-state index in [4.69, 9.17) is 18.0 Å². The molecule has 2 rings (SSSR count). The third kappa shape index (κ3) is 2.82. The van der Waals surface area contributed by atoms with Crippen molar-refractivity contribution >= 4 is 23.1 Å². The van der Waals surface area contributed by atoms with Gasteiger partial charge in [-0.2, -0.15) is 0 Å². The Morgan fingerprint density at radius 1 is 1.50 bits per heavy atom. The van der Waals surface area contributed by atoms with Crippen LogP contribution in [0.4, 0.5) is 0 Å². The monoisotopic (exact) mass is 295 g/mol. The Balaban J connectivity index is 2.04. The highest BCUT2D eigenvalue weighted by Crippen LogP contribution is 2.36. The summed E-state index contributed by atoms with van der Waals surface area (Å²) in [5.41, 5.74) is 5.17. The summed E-state index contributed by atoms with van der Waals surface area (Å²) in [6.45, 7) is 3.14. The van der Waals surface area contributed by atoms with Crippen molar-refractivity contribution in [1.29, 1.82) is 0 Å². The van der Waals surface area contributed by atoms with Crippen LogP contribution in [0.3, 0.4) is 0 Å². The van der Waals surface area contributed by atoms with E-state index in [2.05, 4.69) is 15.5 Å². The molecule has 0 spiro atoms. The second kappa shape index (κ2) is 6.30. The van der Waals surface area contributed by atoms with Crippen LogP contribution in [0.2, 0.25) is 0 Å². The molecule has 0 bridgehead atoms. The van der Waals surface area contributed by atoms with E-state index in [9.17, 15) is 4.79 Å². The molecule has 110 valence electrons. The van der Waals surface area contributed by atoms with Crippen molar-refractivity contribution in [3.8, 4) is 0 Å². The van der Waals surface area contributed by atoms with Crippen molar-refractivity contribution in [2.75, 3.05) is 0 Å². The lowest BCUT2D eigenvalue weighted by molar-refractivity contribution is -0.129. The molecule has 0 aromatic carbocycles. The molecule has 1 saturated carbocycles. The minimum Gasteiger partial charge on any atom is -0.392 e. The number of carbonyl (C=O) groups excluding carboxylic acids is 1. The quantitative estimate of drug-likeness (QED) is 0.796. The Labute approximate surface area is 124 Å². The molecule has 1 fully saturated rings. The fourth-order valence-electron chi connectivity index (χ4n) is 2.75. The Bertz CT molecular complexity index is 493. The van der Waals surface area contributed by atoms with Gasteiger partial charge in [-0.3, -0.25) is 4.79 Å². The highest BCUT2D eigenvalue weighted by Gasteiger charge is 2.42. The summed E-state index contributed by atoms with van der Waals surface area (Å²) in [5.74, 6) is 0.671. The number of rotatable bonds is 5. The first-order valence-corrected chi connectivity index (χ1v) is 7.46. The van der Waals surface area contributed by atoms with Crippen LogP contribution >= 0.6 is 12.2 Å². The van der Waals surface area contributed by atoms with Crippen LogP contribution in [0.25, 0.3) is 0 Å². The zero-order chi connectivity index (χ0) is 14.6. The number of aromatic nitrogens is 3. The third-order valence-electron chi connectivity index (χ3n) is 4.06. The van der Waals surface area contributed by atoms with Gasteiger partial charge in [-0.15, -0.1) is 10.2 Å². The molecule has 1 aliphatic carbocycles. The van der Waals surface area contributed by atoms with E-state index < -0.39 is 5.41 Å². The standard InChI is InChI=1S/C13H21N5OS/c1-2-18-9-16-17-10(18)8-15-12(19)13(11(14)20)6-4-3-5-7-13/h9H,2-8H2,1H3,(H2,14,20)(H,15,19). The van der Waals surface area contributed by atoms with Crippen LogP contribution in [0.15, 0.2) is 6.33 Å². The predicted octanol–water partition coefficient (Wildman–Crippen LogP) is 1.15. The summed E-state index contributed by atoms with van der Waals surface area (Å²) in [5, 5.41) is 10.8. The van der Waals surface area contributed by atoms with E-state index in [0.29, 0.717) is 11.5 Å². The van der Waals surface area contributed by atoms with Crippen LogP contribution in [-0.4, -0.2) is 25.7 Å². The summed E-state index contributed by atoms with van der Waals surface area (Å²) < 4.78 is 1.90. The van der Waals surface area contributed by atoms with Gasteiger partial charge in [0.25, 0.3) is 0 Å². The van der Waals surface area contributed by atoms with Gasteiger partial charge in [0.1, 0.15) is 6.33 Å². The normalized spacial score (nSPS) is 17.6. The molecule has 3 N–H and O–H groups in total. The molecular formula is C13H21N5OS. The van der Waals surface area contributed by atoms with E-state index in [1.165, 1.54) is 0 Å². The number of aryl methyl sites for hydroxylation is 1. The van der Waals surface area contributed by atoms with Crippen molar-refractivity contribution in [1.82, 2.24) is 20.1 Å². The van der Waals surface area contributed by atoms with Crippen LogP contribution in [0.5, 0.6) is 0 Å². The van der Waals surface area contributed by atoms with E-state index in [1.54, 1.807) is 6.33 Å². The molecule has 0 unspecified atom stereocenters. The molecule has 20 heavy (non-hydrogen) atoms. The number of hydrogen-bond donors (Lipinski definition) is 2. The Morgan fingerprint density at radius 3 is 2.80 bits per heavy atom. The lowest BCUT2D eigenvalue weighted by Gasteiger charge is -2.34. The molecule has 1 heterocycles. The van der Waals surface area contributed by atoms with Gasteiger partial charge in [0.2, 0.25) is 5.91 Å². The number of hydrogen-bond acceptors (Lipinski definition) is 4. The highest BCUT2D eigenvalue weighted by atomic mass is 32.1. The largest absolute Gasteiger partial charge is 0.392 e. The topological polar surface area (TPSA) is 85.8 Å². The number of nitrogens with two attached hydrogens (primary N) is 1. The SMILES string of the molecule is CCn1cnnc1CNC(=O)C1(C(N)=S)CCCCC1. The summed E-state index contributed by atoms with van der Waals surface area (Å²) in [6.07, 6.45) is 6.28. The maximum Gasteiger partial charge on any atom is 0.233 e. The molecule has 7 heteroatoms. The summed E-state index contributed by atoms with van der Waals surface area (Å²) >= 11 is 5.15. The summed E-state index contributed by atoms with van der Waals surface area (Å²) in [4.78, 5) is 12.8. The van der Waals surface area contributed by atoms with Gasteiger partial charge in [-0.1, -0.05) is 31.5 Å². The predicted molar refractivity (Wildman–Crippen MR) is 79.8 cm³/mol. The van der Waals surface area contributed by atoms with Crippen molar-refractivity contribution < 1.29 is 4.79 Å². The van der Waals surface area contributed by atoms with E-state index in [0.717, 1.165) is 44.5 Å². The number of amides is 1. The number of nitrogens with one attached hydrogen (secondary N) is 1. The maximum atomic E-state index is 12.5. The lowest BCUT2D eigenvalue weighted by Crippen LogP contribution is -2.50. The Morgan fingerprint density at radius 2 is 2.20 bits per heavy atom. The highest BCUT2D eigenvalue weighted by molar-refractivity contribution is 7.80. The molecule has 0 aliphatic heterocycles. The van der Waals surface area contributed by atoms with Crippen LogP contribution in [0, 0.1) is 5.41 Å². The number of carbonyl (C=O) groups is 1. The fraction of sp³-hybridized carbons (Fsp3) is 0.692. The van der Waals surface area contributed by atoms with Gasteiger partial charge in [-0.25, -0.2) is 0 Å². The molecule has 1 amide bonds. The van der Waals surface area contributed by atoms with Crippen molar-refractivity contribution in [3.05, 3.63) is 12.2 Å². The van der Waals surface area contributed by atoms with E-state index in [-0.39, 0.29) is 5.91 Å². The molecule has 1 aliphatic rings. The van der Waals surface area contributed by atoms with Gasteiger partial charge in [-0.05, 0) is 19.8 Å². The molecule has 1 aromatic rings. The Hall–Kier alpha value is -1.50. The van der Waals surface area contributed by atoms with Crippen LogP contribution < -0.4 is 11.1 Å². The molecule has 0 saturated heterocycles. The molecule has 0 radical (unpaired) electrons. The molecular weight excluding hydrogens is 274 g/mol. The van der Waals surface area contributed by atoms with Gasteiger partial charge >= 0.3 is 0 Å². The maximum absolute atomic E-state index is 12.5. The minimum absolute atomic E-state index is 0.0737. The first-order chi connectivity index (χ1) is 9.60. The number of thiocarbonyl (C=S) groups is 1. The molecule has 6 nitrogen and oxygen atoms in total. The first-order valence-electron chi connectivity index (χ1n) is 7.05. The summed E-state index contributed by atoms with van der Waals surface area (Å²) in [6, 6.07) is 0. The fourth-order valence-corrected chi connectivity index (χ4v) is 3.05. The van der Waals surface area contributed by atoms with Gasteiger partial charge in [0.15, 0.2) is 5.82 Å². The average molecular weight is 295 g/mol. The van der Waals surface area contributed by atoms with E-state index in [1.807, 2.05) is 11.5 Å².